The summed E-state index contributed by atoms with van der Waals surface area (Å²) in [6.07, 6.45) is 1.74. The highest BCUT2D eigenvalue weighted by Gasteiger charge is 2.20. The summed E-state index contributed by atoms with van der Waals surface area (Å²) in [6, 6.07) is 11.9. The first-order chi connectivity index (χ1) is 10.2. The highest BCUT2D eigenvalue weighted by molar-refractivity contribution is 6.00. The lowest BCUT2D eigenvalue weighted by Crippen LogP contribution is -2.36. The topological polar surface area (TPSA) is 79.5 Å². The average Bonchev–Trinajstić information content (AvgIpc) is 3.01. The Morgan fingerprint density at radius 1 is 1.14 bits per heavy atom. The van der Waals surface area contributed by atoms with Crippen molar-refractivity contribution in [2.24, 2.45) is 0 Å². The smallest absolute Gasteiger partial charge is 0.303 e. The number of rotatable bonds is 8. The molecule has 5 heteroatoms. The zero-order valence-electron chi connectivity index (χ0n) is 11.5. The van der Waals surface area contributed by atoms with Crippen LogP contribution in [0.5, 0.6) is 0 Å². The number of carboxylic acid groups (broad SMARTS) is 1. The maximum atomic E-state index is 12.4. The predicted octanol–water partition coefficient (Wildman–Crippen LogP) is 2.49. The first kappa shape index (κ1) is 15.0. The third-order valence-corrected chi connectivity index (χ3v) is 3.12. The van der Waals surface area contributed by atoms with Crippen LogP contribution in [0.2, 0.25) is 0 Å². The zero-order chi connectivity index (χ0) is 15.1. The standard InChI is InChI=1S/C16H17NO4/c18-15(19)9-8-14(17-11-13-7-4-10-21-13)16(20)12-5-2-1-3-6-12/h1-7,10,14,17H,8-9,11H2,(H,18,19). The monoisotopic (exact) mass is 287 g/mol. The molecular weight excluding hydrogens is 270 g/mol. The van der Waals surface area contributed by atoms with Gasteiger partial charge in [-0.3, -0.25) is 9.59 Å². The van der Waals surface area contributed by atoms with Gasteiger partial charge >= 0.3 is 5.97 Å². The zero-order valence-corrected chi connectivity index (χ0v) is 11.5. The van der Waals surface area contributed by atoms with E-state index in [4.69, 9.17) is 9.52 Å². The van der Waals surface area contributed by atoms with Gasteiger partial charge in [0.05, 0.1) is 18.8 Å². The van der Waals surface area contributed by atoms with E-state index in [9.17, 15) is 9.59 Å². The molecule has 0 aliphatic carbocycles. The van der Waals surface area contributed by atoms with Crippen molar-refractivity contribution in [1.29, 1.82) is 0 Å². The number of hydrogen-bond donors (Lipinski definition) is 2. The van der Waals surface area contributed by atoms with E-state index in [0.717, 1.165) is 0 Å². The molecule has 110 valence electrons. The molecule has 5 nitrogen and oxygen atoms in total. The van der Waals surface area contributed by atoms with Crippen molar-refractivity contribution in [3.8, 4) is 0 Å². The third-order valence-electron chi connectivity index (χ3n) is 3.12. The van der Waals surface area contributed by atoms with E-state index in [1.54, 1.807) is 42.7 Å². The summed E-state index contributed by atoms with van der Waals surface area (Å²) in [5, 5.41) is 11.9. The van der Waals surface area contributed by atoms with Gasteiger partial charge in [-0.05, 0) is 18.6 Å². The molecule has 0 aliphatic heterocycles. The van der Waals surface area contributed by atoms with Crippen molar-refractivity contribution in [3.05, 3.63) is 60.1 Å². The van der Waals surface area contributed by atoms with Crippen molar-refractivity contribution in [2.45, 2.75) is 25.4 Å². The summed E-state index contributed by atoms with van der Waals surface area (Å²) in [5.41, 5.74) is 0.569. The van der Waals surface area contributed by atoms with Gasteiger partial charge < -0.3 is 14.8 Å². The molecule has 1 atom stereocenters. The fourth-order valence-electron chi connectivity index (χ4n) is 2.03. The van der Waals surface area contributed by atoms with E-state index >= 15 is 0 Å². The second-order valence-electron chi connectivity index (χ2n) is 4.68. The van der Waals surface area contributed by atoms with Gasteiger partial charge in [0.25, 0.3) is 0 Å². The Morgan fingerprint density at radius 3 is 2.52 bits per heavy atom. The Balaban J connectivity index is 2.03. The second-order valence-corrected chi connectivity index (χ2v) is 4.68. The normalized spacial score (nSPS) is 12.0. The first-order valence-electron chi connectivity index (χ1n) is 6.73. The molecule has 1 aromatic carbocycles. The van der Waals surface area contributed by atoms with Crippen LogP contribution >= 0.6 is 0 Å². The minimum Gasteiger partial charge on any atom is -0.481 e. The molecule has 0 saturated heterocycles. The maximum absolute atomic E-state index is 12.4. The van der Waals surface area contributed by atoms with Gasteiger partial charge in [-0.25, -0.2) is 0 Å². The van der Waals surface area contributed by atoms with Crippen LogP contribution in [0.15, 0.2) is 53.1 Å². The molecule has 0 radical (unpaired) electrons. The van der Waals surface area contributed by atoms with Crippen molar-refractivity contribution in [2.75, 3.05) is 0 Å². The lowest BCUT2D eigenvalue weighted by atomic mass is 10.00. The number of benzene rings is 1. The quantitative estimate of drug-likeness (QED) is 0.729. The Kier molecular flexibility index (Phi) is 5.29. The summed E-state index contributed by atoms with van der Waals surface area (Å²) in [7, 11) is 0. The number of nitrogens with one attached hydrogen (secondary N) is 1. The lowest BCUT2D eigenvalue weighted by molar-refractivity contribution is -0.137. The molecule has 2 aromatic rings. The molecular formula is C16H17NO4. The van der Waals surface area contributed by atoms with Crippen LogP contribution in [0.4, 0.5) is 0 Å². The van der Waals surface area contributed by atoms with Crippen molar-refractivity contribution >= 4 is 11.8 Å². The van der Waals surface area contributed by atoms with Gasteiger partial charge in [-0.15, -0.1) is 0 Å². The number of carbonyl (C=O) groups is 2. The van der Waals surface area contributed by atoms with Crippen LogP contribution in [0.1, 0.15) is 29.0 Å². The Morgan fingerprint density at radius 2 is 1.90 bits per heavy atom. The molecule has 1 unspecified atom stereocenters. The van der Waals surface area contributed by atoms with Crippen LogP contribution in [0, 0.1) is 0 Å². The minimum absolute atomic E-state index is 0.0611. The van der Waals surface area contributed by atoms with Crippen molar-refractivity contribution < 1.29 is 19.1 Å². The van der Waals surface area contributed by atoms with Gasteiger partial charge in [0, 0.05) is 12.0 Å². The Hall–Kier alpha value is -2.40. The number of aliphatic carboxylic acids is 1. The molecule has 2 rings (SSSR count). The van der Waals surface area contributed by atoms with Crippen LogP contribution in [-0.4, -0.2) is 22.9 Å². The van der Waals surface area contributed by atoms with Gasteiger partial charge in [-0.1, -0.05) is 30.3 Å². The first-order valence-corrected chi connectivity index (χ1v) is 6.73. The van der Waals surface area contributed by atoms with E-state index in [2.05, 4.69) is 5.32 Å². The van der Waals surface area contributed by atoms with E-state index in [1.165, 1.54) is 0 Å². The van der Waals surface area contributed by atoms with Gasteiger partial charge in [0.2, 0.25) is 0 Å². The van der Waals surface area contributed by atoms with Gasteiger partial charge in [-0.2, -0.15) is 0 Å². The summed E-state index contributed by atoms with van der Waals surface area (Å²) in [4.78, 5) is 23.2. The molecule has 21 heavy (non-hydrogen) atoms. The molecule has 0 aliphatic rings. The molecule has 1 aromatic heterocycles. The Bertz CT molecular complexity index is 578. The second kappa shape index (κ2) is 7.40. The van der Waals surface area contributed by atoms with Gasteiger partial charge in [0.15, 0.2) is 5.78 Å². The fourth-order valence-corrected chi connectivity index (χ4v) is 2.03. The number of furan rings is 1. The molecule has 2 N–H and O–H groups in total. The number of hydrogen-bond acceptors (Lipinski definition) is 4. The van der Waals surface area contributed by atoms with E-state index in [-0.39, 0.29) is 18.6 Å². The minimum atomic E-state index is -0.916. The molecule has 0 fully saturated rings. The number of carboxylic acids is 1. The third kappa shape index (κ3) is 4.57. The van der Waals surface area contributed by atoms with Crippen LogP contribution in [0.3, 0.4) is 0 Å². The molecule has 0 spiro atoms. The van der Waals surface area contributed by atoms with E-state index in [1.807, 2.05) is 6.07 Å². The summed E-state index contributed by atoms with van der Waals surface area (Å²) in [6.45, 7) is 0.385. The lowest BCUT2D eigenvalue weighted by Gasteiger charge is -2.16. The molecule has 0 saturated carbocycles. The predicted molar refractivity (Wildman–Crippen MR) is 77.0 cm³/mol. The highest BCUT2D eigenvalue weighted by atomic mass is 16.4. The maximum Gasteiger partial charge on any atom is 0.303 e. The van der Waals surface area contributed by atoms with E-state index in [0.29, 0.717) is 17.9 Å². The van der Waals surface area contributed by atoms with Crippen molar-refractivity contribution in [3.63, 3.8) is 0 Å². The number of ketones is 1. The van der Waals surface area contributed by atoms with Crippen molar-refractivity contribution in [1.82, 2.24) is 5.32 Å². The summed E-state index contributed by atoms with van der Waals surface area (Å²) in [5.74, 6) is -0.319. The molecule has 1 heterocycles. The number of Topliss-reactive ketones (excluding diaryl/α,β-unsaturated/α-hetero) is 1. The van der Waals surface area contributed by atoms with Gasteiger partial charge in [0.1, 0.15) is 5.76 Å². The largest absolute Gasteiger partial charge is 0.481 e. The van der Waals surface area contributed by atoms with Crippen LogP contribution in [-0.2, 0) is 11.3 Å². The molecule has 0 bridgehead atoms. The average molecular weight is 287 g/mol. The Labute approximate surface area is 122 Å². The summed E-state index contributed by atoms with van der Waals surface area (Å²) >= 11 is 0. The van der Waals surface area contributed by atoms with Crippen LogP contribution in [0.25, 0.3) is 0 Å². The van der Waals surface area contributed by atoms with Crippen LogP contribution < -0.4 is 5.32 Å². The number of carbonyl (C=O) groups excluding carboxylic acids is 1. The summed E-state index contributed by atoms with van der Waals surface area (Å²) < 4.78 is 5.20. The fraction of sp³-hybridized carbons (Fsp3) is 0.250. The van der Waals surface area contributed by atoms with E-state index < -0.39 is 12.0 Å². The SMILES string of the molecule is O=C(O)CCC(NCc1ccco1)C(=O)c1ccccc1. The molecule has 0 amide bonds. The highest BCUT2D eigenvalue weighted by Crippen LogP contribution is 2.10.